The fourth-order valence-corrected chi connectivity index (χ4v) is 3.86. The van der Waals surface area contributed by atoms with E-state index in [-0.39, 0.29) is 12.1 Å². The van der Waals surface area contributed by atoms with Crippen LogP contribution in [0.5, 0.6) is 11.8 Å². The van der Waals surface area contributed by atoms with Crippen molar-refractivity contribution in [2.45, 2.75) is 57.3 Å². The third kappa shape index (κ3) is 3.59. The van der Waals surface area contributed by atoms with Gasteiger partial charge in [-0.1, -0.05) is 31.4 Å². The Morgan fingerprint density at radius 1 is 1.19 bits per heavy atom. The molecule has 0 spiro atoms. The molecule has 2 aromatic rings. The summed E-state index contributed by atoms with van der Waals surface area (Å²) in [7, 11) is 0. The maximum Gasteiger partial charge on any atom is 0.300 e. The Labute approximate surface area is 151 Å². The van der Waals surface area contributed by atoms with Gasteiger partial charge in [0.25, 0.3) is 5.56 Å². The van der Waals surface area contributed by atoms with Crippen molar-refractivity contribution in [3.05, 3.63) is 51.9 Å². The molecule has 4 rings (SSSR count). The molecule has 0 radical (unpaired) electrons. The lowest BCUT2D eigenvalue weighted by atomic mass is 9.84. The molecule has 1 atom stereocenters. The van der Waals surface area contributed by atoms with E-state index in [1.165, 1.54) is 43.7 Å². The lowest BCUT2D eigenvalue weighted by Crippen LogP contribution is -2.23. The van der Waals surface area contributed by atoms with Gasteiger partial charge in [-0.15, -0.1) is 0 Å². The van der Waals surface area contributed by atoms with Crippen LogP contribution in [0, 0.1) is 0 Å². The lowest BCUT2D eigenvalue weighted by molar-refractivity contribution is 0.143. The monoisotopic (exact) mass is 358 g/mol. The second-order valence-corrected chi connectivity index (χ2v) is 7.07. The molecule has 0 bridgehead atoms. The lowest BCUT2D eigenvalue weighted by Gasteiger charge is -2.22. The summed E-state index contributed by atoms with van der Waals surface area (Å²) in [4.78, 5) is 15.2. The zero-order valence-corrected chi connectivity index (χ0v) is 14.7. The molecule has 1 aliphatic carbocycles. The van der Waals surface area contributed by atoms with Gasteiger partial charge in [-0.3, -0.25) is 9.36 Å². The van der Waals surface area contributed by atoms with Gasteiger partial charge in [-0.25, -0.2) is 4.39 Å². The molecule has 1 saturated carbocycles. The maximum atomic E-state index is 13.1. The van der Waals surface area contributed by atoms with E-state index in [0.717, 1.165) is 5.75 Å². The normalized spacial score (nSPS) is 19.8. The number of aromatic nitrogens is 2. The molecule has 2 aliphatic rings. The highest BCUT2D eigenvalue weighted by Gasteiger charge is 2.26. The molecule has 0 saturated heterocycles. The summed E-state index contributed by atoms with van der Waals surface area (Å²) in [5, 5.41) is 0. The van der Waals surface area contributed by atoms with Crippen molar-refractivity contribution in [3.8, 4) is 11.8 Å². The molecule has 5 nitrogen and oxygen atoms in total. The molecule has 26 heavy (non-hydrogen) atoms. The second kappa shape index (κ2) is 7.48. The largest absolute Gasteiger partial charge is 0.490 e. The first-order chi connectivity index (χ1) is 12.7. The van der Waals surface area contributed by atoms with Crippen LogP contribution in [0.4, 0.5) is 4.39 Å². The summed E-state index contributed by atoms with van der Waals surface area (Å²) in [6.45, 7) is 0.0401. The minimum Gasteiger partial charge on any atom is -0.490 e. The summed E-state index contributed by atoms with van der Waals surface area (Å²) in [5.41, 5.74) is 1.19. The molecule has 1 aromatic carbocycles. The number of benzene rings is 1. The highest BCUT2D eigenvalue weighted by molar-refractivity contribution is 5.29. The van der Waals surface area contributed by atoms with Gasteiger partial charge in [-0.05, 0) is 36.5 Å². The number of hydrogen-bond acceptors (Lipinski definition) is 4. The van der Waals surface area contributed by atoms with E-state index >= 15 is 0 Å². The molecule has 1 aliphatic heterocycles. The predicted molar refractivity (Wildman–Crippen MR) is 95.5 cm³/mol. The van der Waals surface area contributed by atoms with Crippen molar-refractivity contribution in [1.82, 2.24) is 9.55 Å². The number of halogens is 1. The standard InChI is InChI=1S/C20H23FN2O3/c21-11-16-10-19(24)22-20-23(16)12-18(26-20)13-25-17-8-6-15(7-9-17)14-4-2-1-3-5-14/h6-10,14,18H,1-5,11-13H2/t18-/m0/s1. The van der Waals surface area contributed by atoms with Crippen LogP contribution in [-0.4, -0.2) is 22.3 Å². The van der Waals surface area contributed by atoms with Gasteiger partial charge in [0.05, 0.1) is 12.2 Å². The van der Waals surface area contributed by atoms with E-state index in [0.29, 0.717) is 24.8 Å². The number of fused-ring (bicyclic) bond motifs is 1. The van der Waals surface area contributed by atoms with Crippen molar-refractivity contribution < 1.29 is 13.9 Å². The summed E-state index contributed by atoms with van der Waals surface area (Å²) < 4.78 is 26.1. The van der Waals surface area contributed by atoms with Gasteiger partial charge in [0.15, 0.2) is 6.10 Å². The van der Waals surface area contributed by atoms with Crippen LogP contribution in [0.1, 0.15) is 49.3 Å². The fourth-order valence-electron chi connectivity index (χ4n) is 3.86. The Kier molecular flexibility index (Phi) is 4.91. The third-order valence-corrected chi connectivity index (χ3v) is 5.26. The number of ether oxygens (including phenoxy) is 2. The minimum atomic E-state index is -0.718. The molecule has 0 N–H and O–H groups in total. The fraction of sp³-hybridized carbons (Fsp3) is 0.500. The average molecular weight is 358 g/mol. The number of alkyl halides is 1. The molecule has 1 aromatic heterocycles. The van der Waals surface area contributed by atoms with E-state index < -0.39 is 12.2 Å². The smallest absolute Gasteiger partial charge is 0.300 e. The van der Waals surface area contributed by atoms with E-state index in [4.69, 9.17) is 9.47 Å². The summed E-state index contributed by atoms with van der Waals surface area (Å²) >= 11 is 0. The van der Waals surface area contributed by atoms with Crippen LogP contribution < -0.4 is 15.0 Å². The van der Waals surface area contributed by atoms with Gasteiger partial charge in [0.1, 0.15) is 19.0 Å². The minimum absolute atomic E-state index is 0.173. The molecular formula is C20H23FN2O3. The zero-order valence-electron chi connectivity index (χ0n) is 14.7. The predicted octanol–water partition coefficient (Wildman–Crippen LogP) is 3.60. The molecule has 1 fully saturated rings. The first-order valence-corrected chi connectivity index (χ1v) is 9.29. The molecule has 0 unspecified atom stereocenters. The summed E-state index contributed by atoms with van der Waals surface area (Å²) in [5.74, 6) is 1.46. The molecule has 0 amide bonds. The number of rotatable bonds is 5. The van der Waals surface area contributed by atoms with Crippen LogP contribution in [-0.2, 0) is 13.2 Å². The van der Waals surface area contributed by atoms with Crippen LogP contribution in [0.25, 0.3) is 0 Å². The number of hydrogen-bond donors (Lipinski definition) is 0. The highest BCUT2D eigenvalue weighted by Crippen LogP contribution is 2.33. The van der Waals surface area contributed by atoms with E-state index in [9.17, 15) is 9.18 Å². The Hall–Kier alpha value is -2.37. The Morgan fingerprint density at radius 2 is 1.96 bits per heavy atom. The maximum absolute atomic E-state index is 13.1. The van der Waals surface area contributed by atoms with Gasteiger partial charge >= 0.3 is 6.01 Å². The van der Waals surface area contributed by atoms with Gasteiger partial charge in [0, 0.05) is 6.07 Å². The first-order valence-electron chi connectivity index (χ1n) is 9.29. The summed E-state index contributed by atoms with van der Waals surface area (Å²) in [6, 6.07) is 9.68. The van der Waals surface area contributed by atoms with Crippen molar-refractivity contribution in [1.29, 1.82) is 0 Å². The number of nitrogens with zero attached hydrogens (tertiary/aromatic N) is 2. The molecule has 2 heterocycles. The Balaban J connectivity index is 1.35. The third-order valence-electron chi connectivity index (χ3n) is 5.26. The Bertz CT molecular complexity index is 813. The first kappa shape index (κ1) is 17.1. The molecule has 6 heteroatoms. The molecule has 138 valence electrons. The quantitative estimate of drug-likeness (QED) is 0.819. The van der Waals surface area contributed by atoms with Crippen molar-refractivity contribution in [2.75, 3.05) is 6.61 Å². The average Bonchev–Trinajstić information content (AvgIpc) is 3.09. The molecular weight excluding hydrogens is 335 g/mol. The van der Waals surface area contributed by atoms with Crippen molar-refractivity contribution >= 4 is 0 Å². The van der Waals surface area contributed by atoms with E-state index in [1.807, 2.05) is 12.1 Å². The van der Waals surface area contributed by atoms with Crippen molar-refractivity contribution in [3.63, 3.8) is 0 Å². The van der Waals surface area contributed by atoms with Crippen molar-refractivity contribution in [2.24, 2.45) is 0 Å². The van der Waals surface area contributed by atoms with E-state index in [2.05, 4.69) is 17.1 Å². The summed E-state index contributed by atoms with van der Waals surface area (Å²) in [6.07, 6.45) is 6.26. The van der Waals surface area contributed by atoms with Crippen LogP contribution in [0.15, 0.2) is 35.1 Å². The second-order valence-electron chi connectivity index (χ2n) is 7.07. The highest BCUT2D eigenvalue weighted by atomic mass is 19.1. The van der Waals surface area contributed by atoms with Crippen LogP contribution in [0.2, 0.25) is 0 Å². The zero-order chi connectivity index (χ0) is 17.9. The van der Waals surface area contributed by atoms with Gasteiger partial charge < -0.3 is 9.47 Å². The van der Waals surface area contributed by atoms with Crippen LogP contribution >= 0.6 is 0 Å². The van der Waals surface area contributed by atoms with Crippen LogP contribution in [0.3, 0.4) is 0 Å². The van der Waals surface area contributed by atoms with Gasteiger partial charge in [-0.2, -0.15) is 4.98 Å². The van der Waals surface area contributed by atoms with E-state index in [1.54, 1.807) is 4.57 Å². The SMILES string of the molecule is O=c1cc(CF)n2c(n1)O[C@H](COc1ccc(C3CCCCC3)cc1)C2. The Morgan fingerprint density at radius 3 is 2.69 bits per heavy atom. The topological polar surface area (TPSA) is 53.4 Å². The van der Waals surface area contributed by atoms with Gasteiger partial charge in [0.2, 0.25) is 0 Å².